The molecule has 2 aliphatic heterocycles. The molecular weight excluding hydrogens is 398 g/mol. The van der Waals surface area contributed by atoms with Crippen LogP contribution in [0.5, 0.6) is 0 Å². The summed E-state index contributed by atoms with van der Waals surface area (Å²) in [5.74, 6) is 0.154. The van der Waals surface area contributed by atoms with Crippen LogP contribution in [0.4, 0.5) is 0 Å². The average molecular weight is 436 g/mol. The number of aryl methyl sites for hydroxylation is 1. The van der Waals surface area contributed by atoms with Gasteiger partial charge in [-0.15, -0.1) is 0 Å². The van der Waals surface area contributed by atoms with Gasteiger partial charge in [0.25, 0.3) is 5.91 Å². The standard InChI is InChI=1S/C26H37N5O/c1-2-31-24-11-10-22(18-23(24)25(28-31)26(32)30-14-6-7-15-30)27-21-12-16-29(17-13-21)19-20-8-4-3-5-9-20/h3-5,8-9,21-22,27H,2,6-7,10-19H2,1H3/t22-/m1/s1. The Hall–Kier alpha value is -2.18. The number of fused-ring (bicyclic) bond motifs is 1. The van der Waals surface area contributed by atoms with Crippen LogP contribution in [0.2, 0.25) is 0 Å². The first-order chi connectivity index (χ1) is 15.7. The normalized spacial score (nSPS) is 22.3. The van der Waals surface area contributed by atoms with Crippen LogP contribution in [-0.4, -0.2) is 63.8 Å². The number of piperidine rings is 1. The Labute approximate surface area is 192 Å². The summed E-state index contributed by atoms with van der Waals surface area (Å²) in [6, 6.07) is 11.8. The number of carbonyl (C=O) groups excluding carboxylic acids is 1. The van der Waals surface area contributed by atoms with Crippen molar-refractivity contribution in [2.75, 3.05) is 26.2 Å². The van der Waals surface area contributed by atoms with E-state index in [4.69, 9.17) is 5.10 Å². The highest BCUT2D eigenvalue weighted by Gasteiger charge is 2.32. The second-order valence-electron chi connectivity index (χ2n) is 9.73. The summed E-state index contributed by atoms with van der Waals surface area (Å²) in [6.45, 7) is 8.09. The SMILES string of the molecule is CCn1nc(C(=O)N2CCCC2)c2c1CC[C@@H](NC1CCN(Cc3ccccc3)CC1)C2. The lowest BCUT2D eigenvalue weighted by Gasteiger charge is -2.35. The van der Waals surface area contributed by atoms with Crippen LogP contribution < -0.4 is 5.32 Å². The van der Waals surface area contributed by atoms with Crippen molar-refractivity contribution in [2.24, 2.45) is 0 Å². The Bertz CT molecular complexity index is 910. The van der Waals surface area contributed by atoms with Gasteiger partial charge in [-0.3, -0.25) is 14.4 Å². The first-order valence-electron chi connectivity index (χ1n) is 12.6. The van der Waals surface area contributed by atoms with Crippen molar-refractivity contribution in [1.82, 2.24) is 24.9 Å². The second-order valence-corrected chi connectivity index (χ2v) is 9.73. The summed E-state index contributed by atoms with van der Waals surface area (Å²) in [7, 11) is 0. The minimum absolute atomic E-state index is 0.154. The van der Waals surface area contributed by atoms with Gasteiger partial charge in [0.2, 0.25) is 0 Å². The van der Waals surface area contributed by atoms with E-state index in [1.165, 1.54) is 29.7 Å². The molecule has 0 radical (unpaired) electrons. The van der Waals surface area contributed by atoms with Gasteiger partial charge in [-0.25, -0.2) is 0 Å². The van der Waals surface area contributed by atoms with Gasteiger partial charge in [0.15, 0.2) is 5.69 Å². The molecule has 5 rings (SSSR count). The molecule has 1 atom stereocenters. The number of rotatable bonds is 6. The first kappa shape index (κ1) is 21.7. The molecule has 1 aromatic carbocycles. The lowest BCUT2D eigenvalue weighted by molar-refractivity contribution is 0.0784. The van der Waals surface area contributed by atoms with E-state index in [0.717, 1.165) is 77.1 Å². The van der Waals surface area contributed by atoms with Crippen LogP contribution in [0.1, 0.15) is 66.3 Å². The topological polar surface area (TPSA) is 53.4 Å². The van der Waals surface area contributed by atoms with E-state index in [0.29, 0.717) is 12.1 Å². The summed E-state index contributed by atoms with van der Waals surface area (Å²) in [6.07, 6.45) is 7.74. The summed E-state index contributed by atoms with van der Waals surface area (Å²) in [5.41, 5.74) is 4.65. The molecule has 6 nitrogen and oxygen atoms in total. The zero-order chi connectivity index (χ0) is 21.9. The van der Waals surface area contributed by atoms with Crippen molar-refractivity contribution < 1.29 is 4.79 Å². The summed E-state index contributed by atoms with van der Waals surface area (Å²) in [5, 5.41) is 8.73. The van der Waals surface area contributed by atoms with Crippen molar-refractivity contribution in [3.63, 3.8) is 0 Å². The number of nitrogens with one attached hydrogen (secondary N) is 1. The van der Waals surface area contributed by atoms with E-state index in [2.05, 4.69) is 52.2 Å². The van der Waals surface area contributed by atoms with Gasteiger partial charge in [0, 0.05) is 49.5 Å². The maximum Gasteiger partial charge on any atom is 0.274 e. The monoisotopic (exact) mass is 435 g/mol. The molecule has 0 spiro atoms. The quantitative estimate of drug-likeness (QED) is 0.757. The highest BCUT2D eigenvalue weighted by Crippen LogP contribution is 2.28. The maximum absolute atomic E-state index is 13.2. The molecule has 2 saturated heterocycles. The fourth-order valence-corrected chi connectivity index (χ4v) is 5.77. The van der Waals surface area contributed by atoms with E-state index in [1.54, 1.807) is 0 Å². The fourth-order valence-electron chi connectivity index (χ4n) is 5.77. The van der Waals surface area contributed by atoms with Gasteiger partial charge in [-0.2, -0.15) is 5.10 Å². The molecule has 2 aromatic rings. The molecule has 0 bridgehead atoms. The van der Waals surface area contributed by atoms with Crippen LogP contribution in [0.15, 0.2) is 30.3 Å². The predicted molar refractivity (Wildman–Crippen MR) is 127 cm³/mol. The van der Waals surface area contributed by atoms with Crippen molar-refractivity contribution >= 4 is 5.91 Å². The molecule has 32 heavy (non-hydrogen) atoms. The number of hydrogen-bond donors (Lipinski definition) is 1. The van der Waals surface area contributed by atoms with Gasteiger partial charge >= 0.3 is 0 Å². The molecule has 0 unspecified atom stereocenters. The predicted octanol–water partition coefficient (Wildman–Crippen LogP) is 3.25. The summed E-state index contributed by atoms with van der Waals surface area (Å²) < 4.78 is 2.08. The molecular formula is C26H37N5O. The number of benzene rings is 1. The van der Waals surface area contributed by atoms with Crippen molar-refractivity contribution in [3.8, 4) is 0 Å². The third-order valence-electron chi connectivity index (χ3n) is 7.55. The number of amides is 1. The molecule has 1 aromatic heterocycles. The van der Waals surface area contributed by atoms with Gasteiger partial charge in [0.05, 0.1) is 0 Å². The molecule has 3 heterocycles. The number of hydrogen-bond acceptors (Lipinski definition) is 4. The number of likely N-dealkylation sites (tertiary alicyclic amines) is 2. The van der Waals surface area contributed by atoms with E-state index in [-0.39, 0.29) is 5.91 Å². The van der Waals surface area contributed by atoms with Crippen LogP contribution in [0.3, 0.4) is 0 Å². The van der Waals surface area contributed by atoms with Crippen molar-refractivity contribution in [3.05, 3.63) is 52.8 Å². The van der Waals surface area contributed by atoms with Crippen LogP contribution in [-0.2, 0) is 25.9 Å². The van der Waals surface area contributed by atoms with E-state index < -0.39 is 0 Å². The summed E-state index contributed by atoms with van der Waals surface area (Å²) >= 11 is 0. The molecule has 172 valence electrons. The van der Waals surface area contributed by atoms with Crippen molar-refractivity contribution in [2.45, 2.75) is 77.0 Å². The van der Waals surface area contributed by atoms with Gasteiger partial charge in [0.1, 0.15) is 0 Å². The highest BCUT2D eigenvalue weighted by molar-refractivity contribution is 5.94. The Balaban J connectivity index is 1.19. The van der Waals surface area contributed by atoms with Gasteiger partial charge in [-0.05, 0) is 70.5 Å². The van der Waals surface area contributed by atoms with E-state index >= 15 is 0 Å². The molecule has 0 saturated carbocycles. The average Bonchev–Trinajstić information content (AvgIpc) is 3.49. The maximum atomic E-state index is 13.2. The van der Waals surface area contributed by atoms with Gasteiger partial charge < -0.3 is 10.2 Å². The van der Waals surface area contributed by atoms with Crippen LogP contribution >= 0.6 is 0 Å². The molecule has 6 heteroatoms. The summed E-state index contributed by atoms with van der Waals surface area (Å²) in [4.78, 5) is 17.7. The highest BCUT2D eigenvalue weighted by atomic mass is 16.2. The zero-order valence-electron chi connectivity index (χ0n) is 19.4. The number of nitrogens with zero attached hydrogens (tertiary/aromatic N) is 4. The minimum Gasteiger partial charge on any atom is -0.337 e. The molecule has 1 amide bonds. The third kappa shape index (κ3) is 4.62. The smallest absolute Gasteiger partial charge is 0.274 e. The fraction of sp³-hybridized carbons (Fsp3) is 0.615. The Morgan fingerprint density at radius 1 is 1.03 bits per heavy atom. The molecule has 2 fully saturated rings. The lowest BCUT2D eigenvalue weighted by Crippen LogP contribution is -2.47. The Morgan fingerprint density at radius 2 is 1.78 bits per heavy atom. The third-order valence-corrected chi connectivity index (χ3v) is 7.55. The molecule has 1 aliphatic carbocycles. The van der Waals surface area contributed by atoms with Gasteiger partial charge in [-0.1, -0.05) is 30.3 Å². The lowest BCUT2D eigenvalue weighted by atomic mass is 9.89. The first-order valence-corrected chi connectivity index (χ1v) is 12.6. The minimum atomic E-state index is 0.154. The number of aromatic nitrogens is 2. The zero-order valence-corrected chi connectivity index (χ0v) is 19.4. The van der Waals surface area contributed by atoms with Crippen LogP contribution in [0, 0.1) is 0 Å². The Morgan fingerprint density at radius 3 is 2.50 bits per heavy atom. The van der Waals surface area contributed by atoms with Crippen LogP contribution in [0.25, 0.3) is 0 Å². The van der Waals surface area contributed by atoms with Crippen molar-refractivity contribution in [1.29, 1.82) is 0 Å². The van der Waals surface area contributed by atoms with E-state index in [1.807, 2.05) is 4.90 Å². The Kier molecular flexibility index (Phi) is 6.60. The second kappa shape index (κ2) is 9.75. The molecule has 3 aliphatic rings. The largest absolute Gasteiger partial charge is 0.337 e. The molecule has 1 N–H and O–H groups in total. The number of carbonyl (C=O) groups is 1. The van der Waals surface area contributed by atoms with E-state index in [9.17, 15) is 4.79 Å².